The molecule has 2 aromatic heterocycles. The third kappa shape index (κ3) is 9.60. The van der Waals surface area contributed by atoms with Crippen LogP contribution in [0.3, 0.4) is 0 Å². The Labute approximate surface area is 375 Å². The van der Waals surface area contributed by atoms with E-state index in [1.807, 2.05) is 32.2 Å². The number of likely N-dealkylation sites (tertiary alicyclic amines) is 2. The molecule has 4 heterocycles. The first kappa shape index (κ1) is 47.2. The summed E-state index contributed by atoms with van der Waals surface area (Å²) in [5.74, 6) is -4.56. The summed E-state index contributed by atoms with van der Waals surface area (Å²) in [5.41, 5.74) is 0.300. The van der Waals surface area contributed by atoms with Gasteiger partial charge in [-0.1, -0.05) is 40.7 Å². The van der Waals surface area contributed by atoms with Crippen LogP contribution in [-0.2, 0) is 29.2 Å². The number of halogens is 3. The molecule has 64 heavy (non-hydrogen) atoms. The summed E-state index contributed by atoms with van der Waals surface area (Å²) < 4.78 is 80.7. The summed E-state index contributed by atoms with van der Waals surface area (Å²) in [5, 5.41) is 5.38. The van der Waals surface area contributed by atoms with E-state index in [1.54, 1.807) is 40.0 Å². The third-order valence-corrected chi connectivity index (χ3v) is 15.8. The number of nitrogens with zero attached hydrogens (tertiary/aromatic N) is 4. The number of carbonyl (C=O) groups excluding carboxylic acids is 4. The van der Waals surface area contributed by atoms with Gasteiger partial charge in [0.25, 0.3) is 5.91 Å². The number of hydrogen-bond donors (Lipinski definition) is 2. The van der Waals surface area contributed by atoms with Crippen molar-refractivity contribution in [2.45, 2.75) is 122 Å². The predicted molar refractivity (Wildman–Crippen MR) is 235 cm³/mol. The molecule has 2 N–H and O–H groups in total. The molecule has 4 aliphatic rings. The number of ether oxygens (including phenoxy) is 2. The van der Waals surface area contributed by atoms with E-state index < -0.39 is 85.9 Å². The number of aryl methyl sites for hydroxylation is 1. The number of methoxy groups -OCH3 is 1. The summed E-state index contributed by atoms with van der Waals surface area (Å²) in [6, 6.07) is 4.14. The van der Waals surface area contributed by atoms with E-state index in [9.17, 15) is 36.0 Å². The number of pyridine rings is 1. The number of nitrogens with one attached hydrogen (secondary N) is 2. The van der Waals surface area contributed by atoms with E-state index in [2.05, 4.69) is 16.6 Å². The minimum Gasteiger partial charge on any atom is -0.496 e. The fraction of sp³-hybridized carbons (Fsp3) is 0.600. The number of benzene rings is 1. The number of alkyl halides is 3. The average molecular weight is 931 g/mol. The van der Waals surface area contributed by atoms with Crippen LogP contribution in [0.15, 0.2) is 36.2 Å². The summed E-state index contributed by atoms with van der Waals surface area (Å²) in [6.07, 6.45) is -3.62. The van der Waals surface area contributed by atoms with Crippen molar-refractivity contribution in [1.29, 1.82) is 0 Å². The number of rotatable bonds is 14. The molecule has 2 saturated carbocycles. The van der Waals surface area contributed by atoms with Gasteiger partial charge in [-0.15, -0.1) is 17.9 Å². The largest absolute Gasteiger partial charge is 0.496 e. The Morgan fingerprint density at radius 3 is 2.31 bits per heavy atom. The molecule has 348 valence electrons. The Morgan fingerprint density at radius 1 is 1.06 bits per heavy atom. The minimum absolute atomic E-state index is 0.0484. The molecule has 1 aromatic carbocycles. The molecule has 4 amide bonds. The maximum absolute atomic E-state index is 15.0. The third-order valence-electron chi connectivity index (χ3n) is 13.1. The Kier molecular flexibility index (Phi) is 12.9. The molecule has 19 heteroatoms. The molecule has 2 saturated heterocycles. The highest BCUT2D eigenvalue weighted by Crippen LogP contribution is 2.46. The van der Waals surface area contributed by atoms with Crippen molar-refractivity contribution in [1.82, 2.24) is 29.8 Å². The Morgan fingerprint density at radius 2 is 1.75 bits per heavy atom. The second kappa shape index (κ2) is 17.5. The van der Waals surface area contributed by atoms with Crippen LogP contribution in [0, 0.1) is 30.1 Å². The van der Waals surface area contributed by atoms with E-state index in [0.717, 1.165) is 11.3 Å². The number of thiazole rings is 1. The van der Waals surface area contributed by atoms with Crippen LogP contribution in [0.2, 0.25) is 0 Å². The van der Waals surface area contributed by atoms with E-state index in [4.69, 9.17) is 19.4 Å². The molecular formula is C45H57F3N6O8S2. The van der Waals surface area contributed by atoms with Crippen LogP contribution >= 0.6 is 11.3 Å². The van der Waals surface area contributed by atoms with Gasteiger partial charge < -0.3 is 24.6 Å². The molecule has 3 aromatic rings. The van der Waals surface area contributed by atoms with Crippen LogP contribution in [0.25, 0.3) is 21.6 Å². The highest BCUT2D eigenvalue weighted by molar-refractivity contribution is 7.91. The first-order valence-electron chi connectivity index (χ1n) is 21.7. The quantitative estimate of drug-likeness (QED) is 0.166. The maximum Gasteiger partial charge on any atom is 0.391 e. The topological polar surface area (TPSA) is 177 Å². The summed E-state index contributed by atoms with van der Waals surface area (Å²) >= 11 is 1.44. The number of amides is 4. The van der Waals surface area contributed by atoms with Crippen molar-refractivity contribution < 1.29 is 50.2 Å². The van der Waals surface area contributed by atoms with Crippen molar-refractivity contribution >= 4 is 55.9 Å². The smallest absolute Gasteiger partial charge is 0.391 e. The second-order valence-corrected chi connectivity index (χ2v) is 21.8. The van der Waals surface area contributed by atoms with Gasteiger partial charge in [0.1, 0.15) is 39.9 Å². The molecule has 2 aliphatic carbocycles. The molecule has 14 nitrogen and oxygen atoms in total. The van der Waals surface area contributed by atoms with Gasteiger partial charge in [0.2, 0.25) is 27.7 Å². The molecule has 5 atom stereocenters. The molecule has 7 rings (SSSR count). The maximum atomic E-state index is 15.0. The van der Waals surface area contributed by atoms with Crippen LogP contribution in [0.1, 0.15) is 96.7 Å². The normalized spacial score (nSPS) is 23.5. The van der Waals surface area contributed by atoms with Crippen molar-refractivity contribution in [3.8, 4) is 22.2 Å². The summed E-state index contributed by atoms with van der Waals surface area (Å²) in [6.45, 7) is 14.8. The summed E-state index contributed by atoms with van der Waals surface area (Å²) in [4.78, 5) is 69.7. The number of carbonyl (C=O) groups is 4. The van der Waals surface area contributed by atoms with Crippen molar-refractivity contribution in [2.75, 3.05) is 26.7 Å². The molecule has 4 fully saturated rings. The lowest BCUT2D eigenvalue weighted by molar-refractivity contribution is -0.186. The van der Waals surface area contributed by atoms with E-state index >= 15 is 4.79 Å². The van der Waals surface area contributed by atoms with Crippen LogP contribution in [0.4, 0.5) is 13.2 Å². The van der Waals surface area contributed by atoms with Gasteiger partial charge in [-0.2, -0.15) is 13.2 Å². The van der Waals surface area contributed by atoms with Crippen LogP contribution < -0.4 is 19.5 Å². The molecule has 1 unspecified atom stereocenters. The standard InChI is InChI=1S/C45H57F3N6O8S2/c1-9-26-21-44(26,42(58)52-64(59,60)29-10-11-29)51-39(56)34-18-28(22-54(34)41(57)31(43(5,6)7)19-37(55)53-16-14-27(15-17-53)45(46,47)48)62-36-20-32(40-50-33(23-63-40)24(2)3)49-38-25(4)35(61-8)13-12-30(36)38/h9,12-13,20,23-24,26-29,31,34H,1,10-11,14-19,21-22H2,2-8H3,(H,51,56)(H,52,58)/t26-,28-,31-,34+,44?/m1/s1. The van der Waals surface area contributed by atoms with Gasteiger partial charge in [0, 0.05) is 54.2 Å². The molecule has 0 radical (unpaired) electrons. The number of sulfonamides is 1. The fourth-order valence-corrected chi connectivity index (χ4v) is 11.1. The Hall–Kier alpha value is -4.78. The average Bonchev–Trinajstić information content (AvgIpc) is 4.11. The van der Waals surface area contributed by atoms with Gasteiger partial charge in [-0.3, -0.25) is 23.9 Å². The number of piperidine rings is 1. The Balaban J connectivity index is 1.22. The summed E-state index contributed by atoms with van der Waals surface area (Å²) in [7, 11) is -2.41. The lowest BCUT2D eigenvalue weighted by Crippen LogP contribution is -2.57. The van der Waals surface area contributed by atoms with E-state index in [-0.39, 0.29) is 57.7 Å². The highest BCUT2D eigenvalue weighted by atomic mass is 32.2. The molecule has 0 bridgehead atoms. The van der Waals surface area contributed by atoms with Gasteiger partial charge in [-0.25, -0.2) is 18.4 Å². The monoisotopic (exact) mass is 930 g/mol. The van der Waals surface area contributed by atoms with Gasteiger partial charge >= 0.3 is 6.18 Å². The van der Waals surface area contributed by atoms with Gasteiger partial charge in [0.15, 0.2) is 0 Å². The van der Waals surface area contributed by atoms with Crippen molar-refractivity contribution in [3.63, 3.8) is 0 Å². The van der Waals surface area contributed by atoms with Gasteiger partial charge in [-0.05, 0) is 62.5 Å². The van der Waals surface area contributed by atoms with Crippen LogP contribution in [-0.4, -0.2) is 108 Å². The molecule has 0 spiro atoms. The lowest BCUT2D eigenvalue weighted by atomic mass is 9.77. The number of fused-ring (bicyclic) bond motifs is 1. The molecule has 2 aliphatic heterocycles. The minimum atomic E-state index is -4.37. The Bertz CT molecular complexity index is 2440. The fourth-order valence-electron chi connectivity index (χ4n) is 8.77. The van der Waals surface area contributed by atoms with Crippen molar-refractivity contribution in [2.24, 2.45) is 23.2 Å². The predicted octanol–water partition coefficient (Wildman–Crippen LogP) is 6.67. The lowest BCUT2D eigenvalue weighted by Gasteiger charge is -2.37. The first-order valence-corrected chi connectivity index (χ1v) is 24.2. The number of aromatic nitrogens is 2. The highest BCUT2D eigenvalue weighted by Gasteiger charge is 2.62. The van der Waals surface area contributed by atoms with E-state index in [1.165, 1.54) is 27.2 Å². The number of hydrogen-bond acceptors (Lipinski definition) is 11. The van der Waals surface area contributed by atoms with E-state index in [0.29, 0.717) is 45.9 Å². The molecular weight excluding hydrogens is 874 g/mol. The SMILES string of the molecule is C=C[C@@H]1CC1(NC(=O)[C@@H]1C[C@@H](Oc2cc(-c3nc(C(C)C)cs3)nc3c(C)c(OC)ccc23)CN1C(=O)[C@@H](CC(=O)N1CCC(C(F)(F)F)CC1)C(C)(C)C)C(=O)NS(=O)(=O)C1CC1. The van der Waals surface area contributed by atoms with Crippen molar-refractivity contribution in [3.05, 3.63) is 47.5 Å². The first-order chi connectivity index (χ1) is 30.0. The zero-order chi connectivity index (χ0) is 46.7. The zero-order valence-corrected chi connectivity index (χ0v) is 38.8. The zero-order valence-electron chi connectivity index (χ0n) is 37.2. The second-order valence-electron chi connectivity index (χ2n) is 19.0. The van der Waals surface area contributed by atoms with Gasteiger partial charge in [0.05, 0.1) is 42.0 Å². The van der Waals surface area contributed by atoms with Crippen LogP contribution in [0.5, 0.6) is 11.5 Å².